The van der Waals surface area contributed by atoms with Crippen molar-refractivity contribution in [3.05, 3.63) is 30.2 Å². The highest BCUT2D eigenvalue weighted by atomic mass is 16.5. The lowest BCUT2D eigenvalue weighted by Gasteiger charge is -2.32. The number of aromatic nitrogens is 1. The third-order valence-electron chi connectivity index (χ3n) is 3.78. The number of aryl methyl sites for hydroxylation is 1. The lowest BCUT2D eigenvalue weighted by molar-refractivity contribution is -0.147. The molecule has 1 aliphatic rings. The Morgan fingerprint density at radius 3 is 2.96 bits per heavy atom. The summed E-state index contributed by atoms with van der Waals surface area (Å²) in [6, 6.07) is 7.46. The van der Waals surface area contributed by atoms with Crippen LogP contribution in [0.15, 0.2) is 28.7 Å². The van der Waals surface area contributed by atoms with Gasteiger partial charge in [0.25, 0.3) is 0 Å². The molecule has 2 aromatic rings. The summed E-state index contributed by atoms with van der Waals surface area (Å²) in [7, 11) is 0. The first-order chi connectivity index (χ1) is 11.1. The number of amides is 1. The molecule has 1 amide bonds. The van der Waals surface area contributed by atoms with Gasteiger partial charge in [-0.3, -0.25) is 9.59 Å². The molecule has 0 saturated carbocycles. The number of hydrogen-bond acceptors (Lipinski definition) is 5. The number of carbonyl (C=O) groups excluding carboxylic acids is 1. The largest absolute Gasteiger partial charge is 0.481 e. The van der Waals surface area contributed by atoms with Gasteiger partial charge in [-0.15, -0.1) is 0 Å². The minimum atomic E-state index is -0.921. The lowest BCUT2D eigenvalue weighted by Crippen LogP contribution is -2.46. The number of carbonyl (C=O) groups is 2. The van der Waals surface area contributed by atoms with Crippen molar-refractivity contribution in [2.45, 2.75) is 25.4 Å². The molecule has 2 heterocycles. The minimum absolute atomic E-state index is 0.0362. The van der Waals surface area contributed by atoms with E-state index in [-0.39, 0.29) is 18.7 Å². The number of fused-ring (bicyclic) bond motifs is 1. The zero-order chi connectivity index (χ0) is 16.2. The predicted octanol–water partition coefficient (Wildman–Crippen LogP) is 1.46. The molecule has 1 atom stereocenters. The Morgan fingerprint density at radius 1 is 1.35 bits per heavy atom. The topological polar surface area (TPSA) is 92.9 Å². The Bertz CT molecular complexity index is 678. The fourth-order valence-corrected chi connectivity index (χ4v) is 2.66. The third kappa shape index (κ3) is 3.87. The normalized spacial score (nSPS) is 18.3. The molecule has 1 aromatic heterocycles. The maximum Gasteiger partial charge on any atom is 0.306 e. The van der Waals surface area contributed by atoms with E-state index in [4.69, 9.17) is 14.3 Å². The number of rotatable bonds is 5. The van der Waals surface area contributed by atoms with E-state index in [1.54, 1.807) is 4.90 Å². The van der Waals surface area contributed by atoms with E-state index in [9.17, 15) is 9.59 Å². The van der Waals surface area contributed by atoms with Crippen molar-refractivity contribution in [1.82, 2.24) is 9.88 Å². The van der Waals surface area contributed by atoms with Gasteiger partial charge in [0.05, 0.1) is 19.1 Å². The fraction of sp³-hybridized carbons (Fsp3) is 0.438. The smallest absolute Gasteiger partial charge is 0.306 e. The van der Waals surface area contributed by atoms with Crippen molar-refractivity contribution in [2.75, 3.05) is 19.7 Å². The second-order valence-electron chi connectivity index (χ2n) is 5.51. The first-order valence-electron chi connectivity index (χ1n) is 7.57. The molecule has 1 saturated heterocycles. The fourth-order valence-electron chi connectivity index (χ4n) is 2.66. The Balaban J connectivity index is 1.55. The van der Waals surface area contributed by atoms with Crippen LogP contribution in [0.1, 0.15) is 18.7 Å². The summed E-state index contributed by atoms with van der Waals surface area (Å²) < 4.78 is 11.0. The van der Waals surface area contributed by atoms with E-state index < -0.39 is 12.1 Å². The number of morpholine rings is 1. The number of hydrogen-bond donors (Lipinski definition) is 1. The standard InChI is InChI=1S/C16H18N2O5/c19-15(18-7-8-22-11(10-18)9-16(20)21)6-5-14-17-12-3-1-2-4-13(12)23-14/h1-4,11H,5-10H2,(H,20,21). The van der Waals surface area contributed by atoms with Gasteiger partial charge in [-0.2, -0.15) is 0 Å². The molecular formula is C16H18N2O5. The Hall–Kier alpha value is -2.41. The molecule has 23 heavy (non-hydrogen) atoms. The maximum absolute atomic E-state index is 12.3. The zero-order valence-electron chi connectivity index (χ0n) is 12.6. The summed E-state index contributed by atoms with van der Waals surface area (Å²) in [4.78, 5) is 29.0. The van der Waals surface area contributed by atoms with Crippen LogP contribution >= 0.6 is 0 Å². The Labute approximate surface area is 132 Å². The number of carboxylic acid groups (broad SMARTS) is 1. The quantitative estimate of drug-likeness (QED) is 0.897. The van der Waals surface area contributed by atoms with Crippen LogP contribution in [-0.2, 0) is 20.7 Å². The molecule has 7 heteroatoms. The zero-order valence-corrected chi connectivity index (χ0v) is 12.6. The molecule has 1 unspecified atom stereocenters. The third-order valence-corrected chi connectivity index (χ3v) is 3.78. The van der Waals surface area contributed by atoms with E-state index in [1.807, 2.05) is 24.3 Å². The number of oxazole rings is 1. The van der Waals surface area contributed by atoms with Gasteiger partial charge < -0.3 is 19.2 Å². The van der Waals surface area contributed by atoms with Crippen LogP contribution < -0.4 is 0 Å². The van der Waals surface area contributed by atoms with Crippen molar-refractivity contribution in [2.24, 2.45) is 0 Å². The van der Waals surface area contributed by atoms with Gasteiger partial charge in [-0.1, -0.05) is 12.1 Å². The van der Waals surface area contributed by atoms with Crippen LogP contribution in [-0.4, -0.2) is 52.7 Å². The van der Waals surface area contributed by atoms with Crippen molar-refractivity contribution in [3.63, 3.8) is 0 Å². The second kappa shape index (κ2) is 6.78. The summed E-state index contributed by atoms with van der Waals surface area (Å²) >= 11 is 0. The van der Waals surface area contributed by atoms with E-state index in [1.165, 1.54) is 0 Å². The summed E-state index contributed by atoms with van der Waals surface area (Å²) in [6.45, 7) is 1.17. The summed E-state index contributed by atoms with van der Waals surface area (Å²) in [5.74, 6) is -0.420. The molecule has 7 nitrogen and oxygen atoms in total. The van der Waals surface area contributed by atoms with Crippen molar-refractivity contribution in [3.8, 4) is 0 Å². The van der Waals surface area contributed by atoms with E-state index in [0.29, 0.717) is 37.6 Å². The first-order valence-corrected chi connectivity index (χ1v) is 7.57. The number of carboxylic acids is 1. The molecule has 1 N–H and O–H groups in total. The number of para-hydroxylation sites is 2. The minimum Gasteiger partial charge on any atom is -0.481 e. The molecular weight excluding hydrogens is 300 g/mol. The lowest BCUT2D eigenvalue weighted by atomic mass is 10.2. The van der Waals surface area contributed by atoms with Crippen molar-refractivity contribution >= 4 is 23.0 Å². The van der Waals surface area contributed by atoms with Crippen LogP contribution in [0, 0.1) is 0 Å². The molecule has 1 aromatic carbocycles. The molecule has 0 aliphatic carbocycles. The average molecular weight is 318 g/mol. The summed E-state index contributed by atoms with van der Waals surface area (Å²) in [5.41, 5.74) is 1.49. The average Bonchev–Trinajstić information content (AvgIpc) is 2.95. The van der Waals surface area contributed by atoms with Crippen LogP contribution in [0.3, 0.4) is 0 Å². The Morgan fingerprint density at radius 2 is 2.17 bits per heavy atom. The van der Waals surface area contributed by atoms with Crippen LogP contribution in [0.2, 0.25) is 0 Å². The maximum atomic E-state index is 12.3. The van der Waals surface area contributed by atoms with Crippen molar-refractivity contribution in [1.29, 1.82) is 0 Å². The molecule has 1 aliphatic heterocycles. The van der Waals surface area contributed by atoms with Gasteiger partial charge in [0.1, 0.15) is 5.52 Å². The van der Waals surface area contributed by atoms with Crippen LogP contribution in [0.4, 0.5) is 0 Å². The summed E-state index contributed by atoms with van der Waals surface area (Å²) in [5, 5.41) is 8.81. The van der Waals surface area contributed by atoms with Gasteiger partial charge in [0.2, 0.25) is 5.91 Å². The number of benzene rings is 1. The molecule has 0 radical (unpaired) electrons. The molecule has 3 rings (SSSR count). The van der Waals surface area contributed by atoms with Gasteiger partial charge in [0.15, 0.2) is 11.5 Å². The highest BCUT2D eigenvalue weighted by Gasteiger charge is 2.25. The van der Waals surface area contributed by atoms with Gasteiger partial charge in [-0.25, -0.2) is 4.98 Å². The predicted molar refractivity (Wildman–Crippen MR) is 80.9 cm³/mol. The monoisotopic (exact) mass is 318 g/mol. The number of nitrogens with zero attached hydrogens (tertiary/aromatic N) is 2. The van der Waals surface area contributed by atoms with Gasteiger partial charge in [0, 0.05) is 25.9 Å². The molecule has 0 bridgehead atoms. The van der Waals surface area contributed by atoms with E-state index in [2.05, 4.69) is 4.98 Å². The molecule has 0 spiro atoms. The Kier molecular flexibility index (Phi) is 4.57. The van der Waals surface area contributed by atoms with Crippen LogP contribution in [0.5, 0.6) is 0 Å². The van der Waals surface area contributed by atoms with Crippen LogP contribution in [0.25, 0.3) is 11.1 Å². The van der Waals surface area contributed by atoms with Gasteiger partial charge >= 0.3 is 5.97 Å². The summed E-state index contributed by atoms with van der Waals surface area (Å²) in [6.07, 6.45) is 0.185. The second-order valence-corrected chi connectivity index (χ2v) is 5.51. The highest BCUT2D eigenvalue weighted by molar-refractivity contribution is 5.77. The molecule has 122 valence electrons. The number of aliphatic carboxylic acids is 1. The highest BCUT2D eigenvalue weighted by Crippen LogP contribution is 2.16. The van der Waals surface area contributed by atoms with Crippen molar-refractivity contribution < 1.29 is 23.8 Å². The SMILES string of the molecule is O=C(O)CC1CN(C(=O)CCc2nc3ccccc3o2)CCO1. The van der Waals surface area contributed by atoms with E-state index in [0.717, 1.165) is 5.52 Å². The first kappa shape index (κ1) is 15.5. The van der Waals surface area contributed by atoms with Gasteiger partial charge in [-0.05, 0) is 12.1 Å². The molecule has 1 fully saturated rings. The number of ether oxygens (including phenoxy) is 1. The van der Waals surface area contributed by atoms with E-state index >= 15 is 0 Å².